The Morgan fingerprint density at radius 3 is 2.38 bits per heavy atom. The van der Waals surface area contributed by atoms with Crippen molar-refractivity contribution >= 4 is 5.78 Å². The number of Topliss-reactive ketones (excluding diaryl/α,β-unsaturated/α-hetero) is 1. The van der Waals surface area contributed by atoms with Crippen LogP contribution in [0.15, 0.2) is 0 Å². The Morgan fingerprint density at radius 2 is 2.00 bits per heavy atom. The summed E-state index contributed by atoms with van der Waals surface area (Å²) in [5, 5.41) is 0. The average Bonchev–Trinajstić information content (AvgIpc) is 2.06. The Morgan fingerprint density at radius 1 is 1.38 bits per heavy atom. The zero-order valence-corrected chi connectivity index (χ0v) is 9.30. The third kappa shape index (κ3) is 5.04. The van der Waals surface area contributed by atoms with Crippen LogP contribution in [0, 0.1) is 5.92 Å². The molecule has 0 aliphatic heterocycles. The number of carbonyl (C=O) groups is 1. The monoisotopic (exact) mass is 186 g/mol. The van der Waals surface area contributed by atoms with Gasteiger partial charge < -0.3 is 4.74 Å². The van der Waals surface area contributed by atoms with Gasteiger partial charge in [0.25, 0.3) is 0 Å². The Labute approximate surface area is 81.7 Å². The topological polar surface area (TPSA) is 26.3 Å². The summed E-state index contributed by atoms with van der Waals surface area (Å²) in [5.74, 6) is 0.757. The third-order valence-electron chi connectivity index (χ3n) is 2.35. The molecule has 0 saturated carbocycles. The molecule has 13 heavy (non-hydrogen) atoms. The molecule has 0 spiro atoms. The first kappa shape index (κ1) is 12.6. The van der Waals surface area contributed by atoms with Gasteiger partial charge in [0.1, 0.15) is 6.10 Å². The van der Waals surface area contributed by atoms with Gasteiger partial charge >= 0.3 is 0 Å². The van der Waals surface area contributed by atoms with E-state index in [0.29, 0.717) is 12.3 Å². The van der Waals surface area contributed by atoms with Crippen LogP contribution in [0.3, 0.4) is 0 Å². The standard InChI is InChI=1S/C11H22O2/c1-5-7-9(3)8-10(12)11(6-2)13-4/h9,11H,5-8H2,1-4H3. The summed E-state index contributed by atoms with van der Waals surface area (Å²) < 4.78 is 5.09. The second-order valence-corrected chi connectivity index (χ2v) is 3.70. The summed E-state index contributed by atoms with van der Waals surface area (Å²) in [7, 11) is 1.61. The number of carbonyl (C=O) groups excluding carboxylic acids is 1. The molecule has 0 fully saturated rings. The van der Waals surface area contributed by atoms with Gasteiger partial charge in [-0.2, -0.15) is 0 Å². The van der Waals surface area contributed by atoms with E-state index in [9.17, 15) is 4.79 Å². The highest BCUT2D eigenvalue weighted by Crippen LogP contribution is 2.13. The minimum atomic E-state index is -0.181. The van der Waals surface area contributed by atoms with Crippen molar-refractivity contribution in [1.82, 2.24) is 0 Å². The van der Waals surface area contributed by atoms with Gasteiger partial charge in [-0.1, -0.05) is 33.6 Å². The number of hydrogen-bond acceptors (Lipinski definition) is 2. The maximum atomic E-state index is 11.6. The van der Waals surface area contributed by atoms with E-state index in [-0.39, 0.29) is 11.9 Å². The highest BCUT2D eigenvalue weighted by molar-refractivity contribution is 5.83. The van der Waals surface area contributed by atoms with Crippen LogP contribution in [0.4, 0.5) is 0 Å². The predicted octanol–water partition coefficient (Wildman–Crippen LogP) is 2.81. The molecular formula is C11H22O2. The molecule has 0 rings (SSSR count). The summed E-state index contributed by atoms with van der Waals surface area (Å²) >= 11 is 0. The molecule has 2 heteroatoms. The van der Waals surface area contributed by atoms with Crippen molar-refractivity contribution in [3.63, 3.8) is 0 Å². The van der Waals surface area contributed by atoms with E-state index in [1.807, 2.05) is 6.92 Å². The van der Waals surface area contributed by atoms with Crippen molar-refractivity contribution in [1.29, 1.82) is 0 Å². The minimum absolute atomic E-state index is 0.181. The number of rotatable bonds is 7. The highest BCUT2D eigenvalue weighted by atomic mass is 16.5. The maximum Gasteiger partial charge on any atom is 0.161 e. The molecule has 0 amide bonds. The van der Waals surface area contributed by atoms with Crippen LogP contribution in [0.25, 0.3) is 0 Å². The van der Waals surface area contributed by atoms with Crippen LogP contribution in [0.1, 0.15) is 46.5 Å². The van der Waals surface area contributed by atoms with E-state index in [0.717, 1.165) is 19.3 Å². The smallest absolute Gasteiger partial charge is 0.161 e. The van der Waals surface area contributed by atoms with Crippen LogP contribution >= 0.6 is 0 Å². The van der Waals surface area contributed by atoms with E-state index in [4.69, 9.17) is 4.74 Å². The minimum Gasteiger partial charge on any atom is -0.374 e. The van der Waals surface area contributed by atoms with E-state index < -0.39 is 0 Å². The van der Waals surface area contributed by atoms with Crippen LogP contribution in [-0.2, 0) is 9.53 Å². The zero-order chi connectivity index (χ0) is 10.3. The summed E-state index contributed by atoms with van der Waals surface area (Å²) in [6.07, 6.45) is 3.55. The van der Waals surface area contributed by atoms with E-state index in [2.05, 4.69) is 13.8 Å². The number of hydrogen-bond donors (Lipinski definition) is 0. The van der Waals surface area contributed by atoms with Crippen molar-refractivity contribution in [3.05, 3.63) is 0 Å². The maximum absolute atomic E-state index is 11.6. The highest BCUT2D eigenvalue weighted by Gasteiger charge is 2.17. The van der Waals surface area contributed by atoms with Crippen molar-refractivity contribution in [3.8, 4) is 0 Å². The van der Waals surface area contributed by atoms with Crippen molar-refractivity contribution < 1.29 is 9.53 Å². The van der Waals surface area contributed by atoms with Gasteiger partial charge in [0.2, 0.25) is 0 Å². The fourth-order valence-electron chi connectivity index (χ4n) is 1.60. The normalized spacial score (nSPS) is 15.4. The first-order valence-electron chi connectivity index (χ1n) is 5.21. The Balaban J connectivity index is 3.83. The Hall–Kier alpha value is -0.370. The predicted molar refractivity (Wildman–Crippen MR) is 54.8 cm³/mol. The number of ketones is 1. The molecule has 0 bridgehead atoms. The van der Waals surface area contributed by atoms with Crippen LogP contribution < -0.4 is 0 Å². The van der Waals surface area contributed by atoms with E-state index in [1.54, 1.807) is 7.11 Å². The lowest BCUT2D eigenvalue weighted by Gasteiger charge is -2.14. The van der Waals surface area contributed by atoms with Gasteiger partial charge in [-0.25, -0.2) is 0 Å². The SMILES string of the molecule is CCCC(C)CC(=O)C(CC)OC. The summed E-state index contributed by atoms with van der Waals surface area (Å²) in [4.78, 5) is 11.6. The molecule has 0 radical (unpaired) electrons. The van der Waals surface area contributed by atoms with Crippen LogP contribution in [0.5, 0.6) is 0 Å². The third-order valence-corrected chi connectivity index (χ3v) is 2.35. The Kier molecular flexibility index (Phi) is 6.87. The van der Waals surface area contributed by atoms with Gasteiger partial charge in [-0.15, -0.1) is 0 Å². The summed E-state index contributed by atoms with van der Waals surface area (Å²) in [5.41, 5.74) is 0. The van der Waals surface area contributed by atoms with Gasteiger partial charge in [0.15, 0.2) is 5.78 Å². The number of ether oxygens (including phenoxy) is 1. The second-order valence-electron chi connectivity index (χ2n) is 3.70. The Bertz CT molecular complexity index is 139. The van der Waals surface area contributed by atoms with E-state index >= 15 is 0 Å². The molecule has 2 unspecified atom stereocenters. The molecule has 2 nitrogen and oxygen atoms in total. The molecule has 0 saturated heterocycles. The van der Waals surface area contributed by atoms with Gasteiger partial charge in [0.05, 0.1) is 0 Å². The molecular weight excluding hydrogens is 164 g/mol. The average molecular weight is 186 g/mol. The van der Waals surface area contributed by atoms with Gasteiger partial charge in [-0.3, -0.25) is 4.79 Å². The van der Waals surface area contributed by atoms with E-state index in [1.165, 1.54) is 0 Å². The fourth-order valence-corrected chi connectivity index (χ4v) is 1.60. The first-order valence-corrected chi connectivity index (χ1v) is 5.21. The second kappa shape index (κ2) is 7.07. The lowest BCUT2D eigenvalue weighted by Crippen LogP contribution is -2.23. The van der Waals surface area contributed by atoms with Crippen LogP contribution in [-0.4, -0.2) is 19.0 Å². The summed E-state index contributed by atoms with van der Waals surface area (Å²) in [6, 6.07) is 0. The fraction of sp³-hybridized carbons (Fsp3) is 0.909. The van der Waals surface area contributed by atoms with Crippen molar-refractivity contribution in [2.24, 2.45) is 5.92 Å². The lowest BCUT2D eigenvalue weighted by molar-refractivity contribution is -0.129. The largest absolute Gasteiger partial charge is 0.374 e. The molecule has 0 aromatic rings. The molecule has 0 aromatic heterocycles. The lowest BCUT2D eigenvalue weighted by atomic mass is 9.96. The molecule has 0 aromatic carbocycles. The zero-order valence-electron chi connectivity index (χ0n) is 9.30. The van der Waals surface area contributed by atoms with Gasteiger partial charge in [0, 0.05) is 13.5 Å². The molecule has 2 atom stereocenters. The molecule has 78 valence electrons. The quantitative estimate of drug-likeness (QED) is 0.611. The first-order chi connectivity index (χ1) is 6.15. The summed E-state index contributed by atoms with van der Waals surface area (Å²) in [6.45, 7) is 6.26. The molecule has 0 heterocycles. The molecule has 0 aliphatic rings. The van der Waals surface area contributed by atoms with Crippen LogP contribution in [0.2, 0.25) is 0 Å². The van der Waals surface area contributed by atoms with Gasteiger partial charge in [-0.05, 0) is 12.3 Å². The number of methoxy groups -OCH3 is 1. The molecule has 0 N–H and O–H groups in total. The van der Waals surface area contributed by atoms with Crippen molar-refractivity contribution in [2.75, 3.05) is 7.11 Å². The molecule has 0 aliphatic carbocycles. The van der Waals surface area contributed by atoms with Crippen molar-refractivity contribution in [2.45, 2.75) is 52.6 Å².